The molecule has 1 heterocycles. The van der Waals surface area contributed by atoms with Crippen molar-refractivity contribution in [1.82, 2.24) is 10.2 Å². The van der Waals surface area contributed by atoms with E-state index in [1.807, 2.05) is 12.1 Å². The van der Waals surface area contributed by atoms with Crippen molar-refractivity contribution in [2.45, 2.75) is 59.0 Å². The van der Waals surface area contributed by atoms with Gasteiger partial charge < -0.3 is 10.1 Å². The second-order valence-corrected chi connectivity index (χ2v) is 9.45. The molecule has 1 saturated heterocycles. The number of nitrogens with zero attached hydrogens (tertiary/aromatic N) is 1. The van der Waals surface area contributed by atoms with Gasteiger partial charge in [0.1, 0.15) is 5.75 Å². The molecule has 31 heavy (non-hydrogen) atoms. The van der Waals surface area contributed by atoms with Crippen LogP contribution in [0.15, 0.2) is 36.4 Å². The quantitative estimate of drug-likeness (QED) is 0.583. The van der Waals surface area contributed by atoms with Gasteiger partial charge in [0.2, 0.25) is 5.91 Å². The number of likely N-dealkylation sites (tertiary alicyclic amines) is 1. The zero-order valence-electron chi connectivity index (χ0n) is 19.4. The average Bonchev–Trinajstić information content (AvgIpc) is 2.75. The molecule has 0 radical (unpaired) electrons. The lowest BCUT2D eigenvalue weighted by molar-refractivity contribution is -0.127. The monoisotopic (exact) mass is 442 g/mol. The lowest BCUT2D eigenvalue weighted by Gasteiger charge is -2.32. The van der Waals surface area contributed by atoms with Crippen molar-refractivity contribution in [3.05, 3.63) is 63.7 Å². The third-order valence-corrected chi connectivity index (χ3v) is 6.60. The molecule has 5 heteroatoms. The topological polar surface area (TPSA) is 41.6 Å². The summed E-state index contributed by atoms with van der Waals surface area (Å²) in [7, 11) is 1.71. The van der Waals surface area contributed by atoms with Crippen LogP contribution in [0.1, 0.15) is 67.8 Å². The largest absolute Gasteiger partial charge is 0.496 e. The van der Waals surface area contributed by atoms with Crippen molar-refractivity contribution in [3.63, 3.8) is 0 Å². The summed E-state index contributed by atoms with van der Waals surface area (Å²) in [6.07, 6.45) is 1.79. The van der Waals surface area contributed by atoms with Crippen LogP contribution in [-0.4, -0.2) is 31.0 Å². The van der Waals surface area contributed by atoms with Crippen molar-refractivity contribution >= 4 is 17.5 Å². The maximum Gasteiger partial charge on any atom is 0.223 e. The number of hydrogen-bond donors (Lipinski definition) is 1. The van der Waals surface area contributed by atoms with Crippen molar-refractivity contribution in [2.75, 3.05) is 20.2 Å². The van der Waals surface area contributed by atoms with Gasteiger partial charge in [0.15, 0.2) is 0 Å². The molecule has 0 saturated carbocycles. The number of nitrogens with one attached hydrogen (secondary N) is 1. The number of carbonyl (C=O) groups excluding carboxylic acids is 1. The van der Waals surface area contributed by atoms with Crippen molar-refractivity contribution in [1.29, 1.82) is 0 Å². The average molecular weight is 443 g/mol. The van der Waals surface area contributed by atoms with Gasteiger partial charge in [-0.15, -0.1) is 0 Å². The molecule has 1 unspecified atom stereocenters. The zero-order chi connectivity index (χ0) is 22.5. The summed E-state index contributed by atoms with van der Waals surface area (Å²) in [5.41, 5.74) is 4.75. The Morgan fingerprint density at radius 2 is 1.77 bits per heavy atom. The summed E-state index contributed by atoms with van der Waals surface area (Å²) < 4.78 is 5.56. The minimum absolute atomic E-state index is 0.0250. The molecule has 4 nitrogen and oxygen atoms in total. The number of ether oxygens (including phenoxy) is 1. The fourth-order valence-corrected chi connectivity index (χ4v) is 4.55. The molecule has 1 N–H and O–H groups in total. The van der Waals surface area contributed by atoms with E-state index in [1.54, 1.807) is 7.11 Å². The lowest BCUT2D eigenvalue weighted by Crippen LogP contribution is -2.41. The Bertz CT molecular complexity index is 887. The maximum atomic E-state index is 13.0. The van der Waals surface area contributed by atoms with Crippen LogP contribution in [0, 0.1) is 12.8 Å². The van der Waals surface area contributed by atoms with Gasteiger partial charge in [-0.25, -0.2) is 0 Å². The highest BCUT2D eigenvalue weighted by atomic mass is 35.5. The third-order valence-electron chi connectivity index (χ3n) is 6.34. The van der Waals surface area contributed by atoms with Gasteiger partial charge in [-0.2, -0.15) is 0 Å². The molecule has 1 atom stereocenters. The second-order valence-electron chi connectivity index (χ2n) is 9.01. The molecule has 2 aromatic carbocycles. The Balaban J connectivity index is 1.57. The molecule has 1 aliphatic heterocycles. The van der Waals surface area contributed by atoms with Crippen molar-refractivity contribution < 1.29 is 9.53 Å². The SMILES string of the molecule is COc1cc(C)c(C(C)NC(=O)C2CCN(Cc3ccc(Cl)cc3)CC2)cc1C(C)C. The third kappa shape index (κ3) is 6.02. The summed E-state index contributed by atoms with van der Waals surface area (Å²) in [6.45, 7) is 11.3. The number of benzene rings is 2. The van der Waals surface area contributed by atoms with Crippen LogP contribution in [-0.2, 0) is 11.3 Å². The lowest BCUT2D eigenvalue weighted by atomic mass is 9.92. The minimum Gasteiger partial charge on any atom is -0.496 e. The molecule has 1 aliphatic rings. The van der Waals surface area contributed by atoms with E-state index in [-0.39, 0.29) is 17.9 Å². The number of rotatable bonds is 7. The number of aryl methyl sites for hydroxylation is 1. The Labute approximate surface area is 191 Å². The number of halogens is 1. The fourth-order valence-electron chi connectivity index (χ4n) is 4.42. The number of hydrogen-bond acceptors (Lipinski definition) is 3. The summed E-state index contributed by atoms with van der Waals surface area (Å²) in [5.74, 6) is 1.53. The number of piperidine rings is 1. The van der Waals surface area contributed by atoms with Crippen molar-refractivity contribution in [2.24, 2.45) is 5.92 Å². The number of methoxy groups -OCH3 is 1. The van der Waals surface area contributed by atoms with Gasteiger partial charge in [0.05, 0.1) is 13.2 Å². The van der Waals surface area contributed by atoms with E-state index >= 15 is 0 Å². The maximum absolute atomic E-state index is 13.0. The van der Waals surface area contributed by atoms with Crippen LogP contribution >= 0.6 is 11.6 Å². The molecular weight excluding hydrogens is 408 g/mol. The molecular formula is C26H35ClN2O2. The van der Waals surface area contributed by atoms with E-state index in [4.69, 9.17) is 16.3 Å². The minimum atomic E-state index is -0.0250. The first-order valence-corrected chi connectivity index (χ1v) is 11.6. The first-order chi connectivity index (χ1) is 14.8. The Kier molecular flexibility index (Phi) is 8.01. The highest BCUT2D eigenvalue weighted by Gasteiger charge is 2.26. The second kappa shape index (κ2) is 10.5. The molecule has 0 aliphatic carbocycles. The van der Waals surface area contributed by atoms with Crippen molar-refractivity contribution in [3.8, 4) is 5.75 Å². The molecule has 168 valence electrons. The van der Waals surface area contributed by atoms with Crippen LogP contribution < -0.4 is 10.1 Å². The summed E-state index contributed by atoms with van der Waals surface area (Å²) in [4.78, 5) is 15.4. The van der Waals surface area contributed by atoms with Gasteiger partial charge in [-0.05, 0) is 92.2 Å². The van der Waals surface area contributed by atoms with Crippen LogP contribution in [0.25, 0.3) is 0 Å². The molecule has 0 bridgehead atoms. The summed E-state index contributed by atoms with van der Waals surface area (Å²) in [6, 6.07) is 12.3. The summed E-state index contributed by atoms with van der Waals surface area (Å²) >= 11 is 5.98. The number of amides is 1. The Morgan fingerprint density at radius 1 is 1.13 bits per heavy atom. The predicted octanol–water partition coefficient (Wildman–Crippen LogP) is 5.87. The van der Waals surface area contributed by atoms with Gasteiger partial charge >= 0.3 is 0 Å². The van der Waals surface area contributed by atoms with Crippen LogP contribution in [0.4, 0.5) is 0 Å². The van der Waals surface area contributed by atoms with Gasteiger partial charge in [0, 0.05) is 17.5 Å². The molecule has 3 rings (SSSR count). The van der Waals surface area contributed by atoms with Crippen LogP contribution in [0.2, 0.25) is 5.02 Å². The van der Waals surface area contributed by atoms with Crippen LogP contribution in [0.3, 0.4) is 0 Å². The van der Waals surface area contributed by atoms with E-state index in [0.29, 0.717) is 5.92 Å². The molecule has 0 spiro atoms. The highest BCUT2D eigenvalue weighted by molar-refractivity contribution is 6.30. The van der Waals surface area contributed by atoms with E-state index in [0.717, 1.165) is 54.4 Å². The first-order valence-electron chi connectivity index (χ1n) is 11.2. The molecule has 1 amide bonds. The van der Waals surface area contributed by atoms with Gasteiger partial charge in [-0.1, -0.05) is 37.6 Å². The van der Waals surface area contributed by atoms with Crippen LogP contribution in [0.5, 0.6) is 5.75 Å². The Hall–Kier alpha value is -2.04. The van der Waals surface area contributed by atoms with Gasteiger partial charge in [0.25, 0.3) is 0 Å². The number of carbonyl (C=O) groups is 1. The highest BCUT2D eigenvalue weighted by Crippen LogP contribution is 2.32. The summed E-state index contributed by atoms with van der Waals surface area (Å²) in [5, 5.41) is 4.03. The Morgan fingerprint density at radius 3 is 2.35 bits per heavy atom. The molecule has 0 aromatic heterocycles. The molecule has 2 aromatic rings. The van der Waals surface area contributed by atoms with E-state index < -0.39 is 0 Å². The zero-order valence-corrected chi connectivity index (χ0v) is 20.1. The van der Waals surface area contributed by atoms with E-state index in [1.165, 1.54) is 11.1 Å². The first kappa shape index (κ1) is 23.6. The molecule has 1 fully saturated rings. The van der Waals surface area contributed by atoms with E-state index in [9.17, 15) is 4.79 Å². The predicted molar refractivity (Wildman–Crippen MR) is 128 cm³/mol. The standard InChI is InChI=1S/C26H35ClN2O2/c1-17(2)23-15-24(18(3)14-25(23)31-5)19(4)28-26(30)21-10-12-29(13-11-21)16-20-6-8-22(27)9-7-20/h6-9,14-15,17,19,21H,10-13,16H2,1-5H3,(H,28,30). The smallest absolute Gasteiger partial charge is 0.223 e. The van der Waals surface area contributed by atoms with E-state index in [2.05, 4.69) is 62.2 Å². The fraction of sp³-hybridized carbons (Fsp3) is 0.500. The van der Waals surface area contributed by atoms with Gasteiger partial charge in [-0.3, -0.25) is 9.69 Å². The normalized spacial score (nSPS) is 16.4.